The van der Waals surface area contributed by atoms with Crippen LogP contribution in [0, 0.1) is 6.92 Å². The number of aryl methyl sites for hydroxylation is 1. The van der Waals surface area contributed by atoms with Crippen molar-refractivity contribution in [2.75, 3.05) is 11.1 Å². The van der Waals surface area contributed by atoms with Crippen molar-refractivity contribution in [2.24, 2.45) is 0 Å². The van der Waals surface area contributed by atoms with Crippen LogP contribution in [0.25, 0.3) is 0 Å². The van der Waals surface area contributed by atoms with Crippen molar-refractivity contribution in [1.82, 2.24) is 0 Å². The van der Waals surface area contributed by atoms with E-state index in [1.54, 1.807) is 17.8 Å². The Hall–Kier alpha value is -1.98. The van der Waals surface area contributed by atoms with E-state index in [-0.39, 0.29) is 6.61 Å². The van der Waals surface area contributed by atoms with Gasteiger partial charge in [0.15, 0.2) is 0 Å². The Labute approximate surface area is 134 Å². The van der Waals surface area contributed by atoms with Gasteiger partial charge < -0.3 is 10.2 Å². The van der Waals surface area contributed by atoms with Crippen molar-refractivity contribution in [3.8, 4) is 0 Å². The SMILES string of the molecule is Cc1c(CO)cccc1SCCc1ccccc1NC(=O)O. The molecule has 1 amide bonds. The fourth-order valence-corrected chi connectivity index (χ4v) is 3.30. The summed E-state index contributed by atoms with van der Waals surface area (Å²) in [6.07, 6.45) is -0.282. The van der Waals surface area contributed by atoms with Gasteiger partial charge in [0.25, 0.3) is 0 Å². The lowest BCUT2D eigenvalue weighted by atomic mass is 10.1. The van der Waals surface area contributed by atoms with Gasteiger partial charge in [0.05, 0.1) is 6.61 Å². The third-order valence-electron chi connectivity index (χ3n) is 3.45. The molecule has 116 valence electrons. The van der Waals surface area contributed by atoms with Crippen LogP contribution < -0.4 is 5.32 Å². The van der Waals surface area contributed by atoms with Gasteiger partial charge in [-0.25, -0.2) is 4.79 Å². The number of rotatable bonds is 6. The molecule has 5 heteroatoms. The number of nitrogens with one attached hydrogen (secondary N) is 1. The zero-order valence-electron chi connectivity index (χ0n) is 12.4. The highest BCUT2D eigenvalue weighted by atomic mass is 32.2. The van der Waals surface area contributed by atoms with E-state index in [1.807, 2.05) is 43.3 Å². The van der Waals surface area contributed by atoms with E-state index in [0.29, 0.717) is 5.69 Å². The second-order valence-electron chi connectivity index (χ2n) is 4.88. The van der Waals surface area contributed by atoms with Crippen LogP contribution in [-0.2, 0) is 13.0 Å². The lowest BCUT2D eigenvalue weighted by Gasteiger charge is -2.11. The highest BCUT2D eigenvalue weighted by molar-refractivity contribution is 7.99. The van der Waals surface area contributed by atoms with Gasteiger partial charge in [0.2, 0.25) is 0 Å². The maximum Gasteiger partial charge on any atom is 0.409 e. The van der Waals surface area contributed by atoms with E-state index in [0.717, 1.165) is 33.8 Å². The van der Waals surface area contributed by atoms with Crippen molar-refractivity contribution in [3.63, 3.8) is 0 Å². The zero-order chi connectivity index (χ0) is 15.9. The Morgan fingerprint density at radius 2 is 1.86 bits per heavy atom. The molecule has 0 saturated heterocycles. The number of hydrogen-bond donors (Lipinski definition) is 3. The largest absolute Gasteiger partial charge is 0.465 e. The van der Waals surface area contributed by atoms with Crippen LogP contribution >= 0.6 is 11.8 Å². The minimum absolute atomic E-state index is 0.0472. The monoisotopic (exact) mass is 317 g/mol. The van der Waals surface area contributed by atoms with Crippen molar-refractivity contribution in [3.05, 3.63) is 59.2 Å². The number of benzene rings is 2. The van der Waals surface area contributed by atoms with E-state index in [1.165, 1.54) is 0 Å². The number of carbonyl (C=O) groups is 1. The summed E-state index contributed by atoms with van der Waals surface area (Å²) >= 11 is 1.71. The van der Waals surface area contributed by atoms with E-state index < -0.39 is 6.09 Å². The summed E-state index contributed by atoms with van der Waals surface area (Å²) in [6.45, 7) is 2.05. The minimum atomic E-state index is -1.05. The zero-order valence-corrected chi connectivity index (χ0v) is 13.2. The molecule has 0 bridgehead atoms. The lowest BCUT2D eigenvalue weighted by molar-refractivity contribution is 0.209. The highest BCUT2D eigenvalue weighted by Gasteiger charge is 2.07. The van der Waals surface area contributed by atoms with E-state index in [9.17, 15) is 9.90 Å². The Bertz CT molecular complexity index is 658. The van der Waals surface area contributed by atoms with Crippen LogP contribution in [0.3, 0.4) is 0 Å². The van der Waals surface area contributed by atoms with Crippen molar-refractivity contribution in [1.29, 1.82) is 0 Å². The number of thioether (sulfide) groups is 1. The Morgan fingerprint density at radius 1 is 1.14 bits per heavy atom. The van der Waals surface area contributed by atoms with Crippen LogP contribution in [0.4, 0.5) is 10.5 Å². The molecule has 0 fully saturated rings. The summed E-state index contributed by atoms with van der Waals surface area (Å²) < 4.78 is 0. The predicted molar refractivity (Wildman–Crippen MR) is 89.6 cm³/mol. The summed E-state index contributed by atoms with van der Waals surface area (Å²) in [7, 11) is 0. The van der Waals surface area contributed by atoms with Gasteiger partial charge in [-0.1, -0.05) is 30.3 Å². The molecule has 2 aromatic carbocycles. The number of aliphatic hydroxyl groups is 1. The van der Waals surface area contributed by atoms with Gasteiger partial charge in [-0.15, -0.1) is 11.8 Å². The molecule has 22 heavy (non-hydrogen) atoms. The topological polar surface area (TPSA) is 69.6 Å². The fraction of sp³-hybridized carbons (Fsp3) is 0.235. The normalized spacial score (nSPS) is 10.5. The molecular formula is C17H19NO3S. The van der Waals surface area contributed by atoms with Crippen molar-refractivity contribution >= 4 is 23.5 Å². The van der Waals surface area contributed by atoms with E-state index >= 15 is 0 Å². The Balaban J connectivity index is 2.01. The first-order chi connectivity index (χ1) is 10.6. The first-order valence-corrected chi connectivity index (χ1v) is 8.00. The summed E-state index contributed by atoms with van der Waals surface area (Å²) in [4.78, 5) is 11.9. The summed E-state index contributed by atoms with van der Waals surface area (Å²) in [5.41, 5.74) is 3.66. The third kappa shape index (κ3) is 4.26. The average Bonchev–Trinajstić information content (AvgIpc) is 2.50. The molecule has 0 aliphatic heterocycles. The first-order valence-electron chi connectivity index (χ1n) is 7.02. The van der Waals surface area contributed by atoms with Gasteiger partial charge >= 0.3 is 6.09 Å². The van der Waals surface area contributed by atoms with Crippen molar-refractivity contribution in [2.45, 2.75) is 24.8 Å². The highest BCUT2D eigenvalue weighted by Crippen LogP contribution is 2.26. The standard InChI is InChI=1S/C17H19NO3S/c1-12-14(11-19)6-4-8-16(12)22-10-9-13-5-2-3-7-15(13)18-17(20)21/h2-8,18-19H,9-11H2,1H3,(H,20,21). The van der Waals surface area contributed by atoms with Crippen molar-refractivity contribution < 1.29 is 15.0 Å². The second kappa shape index (κ2) is 7.87. The first kappa shape index (κ1) is 16.4. The molecule has 0 saturated carbocycles. The van der Waals surface area contributed by atoms with Gasteiger partial charge in [-0.05, 0) is 42.2 Å². The maximum atomic E-state index is 10.8. The smallest absolute Gasteiger partial charge is 0.409 e. The number of anilines is 1. The summed E-state index contributed by atoms with van der Waals surface area (Å²) in [5.74, 6) is 0.841. The molecule has 0 aliphatic rings. The lowest BCUT2D eigenvalue weighted by Crippen LogP contribution is -2.09. The molecule has 2 rings (SSSR count). The average molecular weight is 317 g/mol. The Kier molecular flexibility index (Phi) is 5.86. The third-order valence-corrected chi connectivity index (χ3v) is 4.62. The molecule has 0 heterocycles. The summed E-state index contributed by atoms with van der Waals surface area (Å²) in [6, 6.07) is 13.3. The number of amides is 1. The maximum absolute atomic E-state index is 10.8. The minimum Gasteiger partial charge on any atom is -0.465 e. The quantitative estimate of drug-likeness (QED) is 0.706. The van der Waals surface area contributed by atoms with Gasteiger partial charge in [0, 0.05) is 16.3 Å². The van der Waals surface area contributed by atoms with Gasteiger partial charge in [-0.3, -0.25) is 5.32 Å². The molecule has 0 spiro atoms. The molecule has 0 aromatic heterocycles. The molecule has 0 aliphatic carbocycles. The van der Waals surface area contributed by atoms with Gasteiger partial charge in [0.1, 0.15) is 0 Å². The van der Waals surface area contributed by atoms with Crippen LogP contribution in [0.5, 0.6) is 0 Å². The number of carboxylic acid groups (broad SMARTS) is 1. The molecule has 0 radical (unpaired) electrons. The van der Waals surface area contributed by atoms with Crippen LogP contribution in [0.15, 0.2) is 47.4 Å². The molecule has 0 unspecified atom stereocenters. The number of hydrogen-bond acceptors (Lipinski definition) is 3. The predicted octanol–water partition coefficient (Wildman–Crippen LogP) is 3.91. The van der Waals surface area contributed by atoms with Crippen LogP contribution in [0.1, 0.15) is 16.7 Å². The van der Waals surface area contributed by atoms with E-state index in [4.69, 9.17) is 5.11 Å². The molecule has 2 aromatic rings. The fourth-order valence-electron chi connectivity index (χ4n) is 2.23. The van der Waals surface area contributed by atoms with Gasteiger partial charge in [-0.2, -0.15) is 0 Å². The summed E-state index contributed by atoms with van der Waals surface area (Å²) in [5, 5.41) is 20.6. The molecule has 4 nitrogen and oxygen atoms in total. The Morgan fingerprint density at radius 3 is 2.59 bits per heavy atom. The number of aliphatic hydroxyl groups excluding tert-OH is 1. The number of para-hydroxylation sites is 1. The molecule has 3 N–H and O–H groups in total. The second-order valence-corrected chi connectivity index (χ2v) is 6.02. The van der Waals surface area contributed by atoms with Crippen LogP contribution in [0.2, 0.25) is 0 Å². The molecule has 0 atom stereocenters. The van der Waals surface area contributed by atoms with Crippen LogP contribution in [-0.4, -0.2) is 22.1 Å². The molecular weight excluding hydrogens is 298 g/mol. The van der Waals surface area contributed by atoms with E-state index in [2.05, 4.69) is 5.32 Å².